The van der Waals surface area contributed by atoms with E-state index in [2.05, 4.69) is 20.9 Å². The van der Waals surface area contributed by atoms with E-state index in [1.807, 2.05) is 0 Å². The van der Waals surface area contributed by atoms with E-state index in [-0.39, 0.29) is 5.91 Å². The van der Waals surface area contributed by atoms with Gasteiger partial charge in [0.05, 0.1) is 24.3 Å². The third-order valence-corrected chi connectivity index (χ3v) is 2.97. The number of amides is 1. The quantitative estimate of drug-likeness (QED) is 0.777. The number of rotatable bonds is 1. The van der Waals surface area contributed by atoms with Crippen LogP contribution in [0.1, 0.15) is 17.3 Å². The molecule has 80 valence electrons. The molecule has 5 heteroatoms. The molecule has 0 aliphatic carbocycles. The second-order valence-electron chi connectivity index (χ2n) is 4.00. The highest BCUT2D eigenvalue weighted by atomic mass is 79.9. The van der Waals surface area contributed by atoms with Crippen molar-refractivity contribution in [1.82, 2.24) is 9.88 Å². The Morgan fingerprint density at radius 1 is 1.67 bits per heavy atom. The Morgan fingerprint density at radius 2 is 2.33 bits per heavy atom. The summed E-state index contributed by atoms with van der Waals surface area (Å²) < 4.78 is 0.543. The zero-order valence-electron chi connectivity index (χ0n) is 8.27. The summed E-state index contributed by atoms with van der Waals surface area (Å²) in [7, 11) is 0. The lowest BCUT2D eigenvalue weighted by atomic mass is 9.96. The molecule has 1 aliphatic rings. The summed E-state index contributed by atoms with van der Waals surface area (Å²) in [5.41, 5.74) is -0.197. The third kappa shape index (κ3) is 2.03. The number of hydrogen-bond donors (Lipinski definition) is 1. The minimum atomic E-state index is -0.732. The molecule has 0 atom stereocenters. The molecule has 1 aromatic heterocycles. The van der Waals surface area contributed by atoms with Gasteiger partial charge in [-0.05, 0) is 35.0 Å². The average molecular weight is 271 g/mol. The fourth-order valence-corrected chi connectivity index (χ4v) is 2.06. The number of aliphatic hydroxyl groups is 1. The minimum Gasteiger partial charge on any atom is -0.386 e. The van der Waals surface area contributed by atoms with Crippen LogP contribution >= 0.6 is 15.9 Å². The van der Waals surface area contributed by atoms with E-state index in [1.54, 1.807) is 30.2 Å². The molecular weight excluding hydrogens is 260 g/mol. The molecule has 0 aromatic carbocycles. The van der Waals surface area contributed by atoms with E-state index in [9.17, 15) is 9.90 Å². The SMILES string of the molecule is CC1(O)CN(C(=O)c2cccnc2Br)C1. The van der Waals surface area contributed by atoms with Gasteiger partial charge in [-0.1, -0.05) is 0 Å². The van der Waals surface area contributed by atoms with Crippen molar-refractivity contribution in [3.8, 4) is 0 Å². The lowest BCUT2D eigenvalue weighted by Gasteiger charge is -2.44. The number of nitrogens with zero attached hydrogens (tertiary/aromatic N) is 2. The second-order valence-corrected chi connectivity index (χ2v) is 4.75. The van der Waals surface area contributed by atoms with Gasteiger partial charge in [0, 0.05) is 6.20 Å². The van der Waals surface area contributed by atoms with Crippen LogP contribution in [0.2, 0.25) is 0 Å². The van der Waals surface area contributed by atoms with Crippen molar-refractivity contribution in [3.05, 3.63) is 28.5 Å². The number of likely N-dealkylation sites (tertiary alicyclic amines) is 1. The summed E-state index contributed by atoms with van der Waals surface area (Å²) in [5.74, 6) is -0.0958. The highest BCUT2D eigenvalue weighted by Gasteiger charge is 2.40. The Kier molecular flexibility index (Phi) is 2.52. The smallest absolute Gasteiger partial charge is 0.256 e. The lowest BCUT2D eigenvalue weighted by molar-refractivity contribution is -0.0669. The Bertz CT molecular complexity index is 398. The summed E-state index contributed by atoms with van der Waals surface area (Å²) in [4.78, 5) is 17.5. The molecule has 15 heavy (non-hydrogen) atoms. The zero-order chi connectivity index (χ0) is 11.1. The van der Waals surface area contributed by atoms with Crippen LogP contribution in [-0.2, 0) is 0 Å². The van der Waals surface area contributed by atoms with Crippen LogP contribution in [0.15, 0.2) is 22.9 Å². The molecular formula is C10H11BrN2O2. The maximum atomic E-state index is 11.9. The Balaban J connectivity index is 2.14. The molecule has 1 aromatic rings. The Labute approximate surface area is 96.1 Å². The van der Waals surface area contributed by atoms with Gasteiger partial charge in [-0.25, -0.2) is 4.98 Å². The predicted octanol–water partition coefficient (Wildman–Crippen LogP) is 1.05. The molecule has 1 saturated heterocycles. The van der Waals surface area contributed by atoms with Gasteiger partial charge in [0.25, 0.3) is 5.91 Å². The van der Waals surface area contributed by atoms with Crippen LogP contribution in [0.25, 0.3) is 0 Å². The van der Waals surface area contributed by atoms with Crippen LogP contribution in [0.3, 0.4) is 0 Å². The lowest BCUT2D eigenvalue weighted by Crippen LogP contribution is -2.61. The first-order valence-electron chi connectivity index (χ1n) is 4.62. The average Bonchev–Trinajstić information content (AvgIpc) is 2.14. The van der Waals surface area contributed by atoms with Crippen LogP contribution in [0.5, 0.6) is 0 Å². The maximum absolute atomic E-state index is 11.9. The molecule has 4 nitrogen and oxygen atoms in total. The fraction of sp³-hybridized carbons (Fsp3) is 0.400. The Hall–Kier alpha value is -0.940. The molecule has 0 saturated carbocycles. The van der Waals surface area contributed by atoms with Gasteiger partial charge in [0.1, 0.15) is 4.60 Å². The van der Waals surface area contributed by atoms with Crippen molar-refractivity contribution in [3.63, 3.8) is 0 Å². The van der Waals surface area contributed by atoms with Gasteiger partial charge in [0.15, 0.2) is 0 Å². The first-order chi connectivity index (χ1) is 6.99. The number of pyridine rings is 1. The van der Waals surface area contributed by atoms with Crippen molar-refractivity contribution in [2.24, 2.45) is 0 Å². The Morgan fingerprint density at radius 3 is 2.87 bits per heavy atom. The minimum absolute atomic E-state index is 0.0958. The van der Waals surface area contributed by atoms with Crippen LogP contribution < -0.4 is 0 Å². The molecule has 1 aliphatic heterocycles. The van der Waals surface area contributed by atoms with Gasteiger partial charge in [-0.2, -0.15) is 0 Å². The standard InChI is InChI=1S/C10H11BrN2O2/c1-10(15)5-13(6-10)9(14)7-3-2-4-12-8(7)11/h2-4,15H,5-6H2,1H3. The number of carbonyl (C=O) groups is 1. The monoisotopic (exact) mass is 270 g/mol. The topological polar surface area (TPSA) is 53.4 Å². The molecule has 1 amide bonds. The normalized spacial score (nSPS) is 18.5. The van der Waals surface area contributed by atoms with Crippen molar-refractivity contribution < 1.29 is 9.90 Å². The largest absolute Gasteiger partial charge is 0.386 e. The number of β-amino-alcohol motifs (C(OH)–C–C–N with tert-alkyl or cyclic N) is 1. The van der Waals surface area contributed by atoms with E-state index < -0.39 is 5.60 Å². The van der Waals surface area contributed by atoms with Crippen molar-refractivity contribution in [2.45, 2.75) is 12.5 Å². The molecule has 2 rings (SSSR count). The molecule has 0 spiro atoms. The summed E-state index contributed by atoms with van der Waals surface area (Å²) >= 11 is 3.23. The molecule has 2 heterocycles. The van der Waals surface area contributed by atoms with E-state index >= 15 is 0 Å². The number of halogens is 1. The third-order valence-electron chi connectivity index (χ3n) is 2.34. The number of carbonyl (C=O) groups excluding carboxylic acids is 1. The number of aromatic nitrogens is 1. The van der Waals surface area contributed by atoms with Gasteiger partial charge in [0.2, 0.25) is 0 Å². The fourth-order valence-electron chi connectivity index (χ4n) is 1.64. The van der Waals surface area contributed by atoms with Crippen LogP contribution in [-0.4, -0.2) is 39.6 Å². The van der Waals surface area contributed by atoms with E-state index in [4.69, 9.17) is 0 Å². The summed E-state index contributed by atoms with van der Waals surface area (Å²) in [6.07, 6.45) is 1.62. The van der Waals surface area contributed by atoms with Crippen molar-refractivity contribution in [2.75, 3.05) is 13.1 Å². The molecule has 1 fully saturated rings. The predicted molar refractivity (Wildman–Crippen MR) is 58.5 cm³/mol. The van der Waals surface area contributed by atoms with Gasteiger partial charge >= 0.3 is 0 Å². The summed E-state index contributed by atoms with van der Waals surface area (Å²) in [5, 5.41) is 9.53. The van der Waals surface area contributed by atoms with Gasteiger partial charge < -0.3 is 10.0 Å². The van der Waals surface area contributed by atoms with Crippen LogP contribution in [0.4, 0.5) is 0 Å². The number of hydrogen-bond acceptors (Lipinski definition) is 3. The van der Waals surface area contributed by atoms with E-state index in [0.717, 1.165) is 0 Å². The van der Waals surface area contributed by atoms with E-state index in [0.29, 0.717) is 23.3 Å². The molecule has 0 unspecified atom stereocenters. The van der Waals surface area contributed by atoms with Crippen LogP contribution in [0, 0.1) is 0 Å². The molecule has 0 bridgehead atoms. The summed E-state index contributed by atoms with van der Waals surface area (Å²) in [6, 6.07) is 3.43. The highest BCUT2D eigenvalue weighted by molar-refractivity contribution is 9.10. The first-order valence-corrected chi connectivity index (χ1v) is 5.41. The summed E-state index contributed by atoms with van der Waals surface area (Å²) in [6.45, 7) is 2.48. The first kappa shape index (κ1) is 10.6. The maximum Gasteiger partial charge on any atom is 0.256 e. The molecule has 0 radical (unpaired) electrons. The highest BCUT2D eigenvalue weighted by Crippen LogP contribution is 2.24. The van der Waals surface area contributed by atoms with Crippen molar-refractivity contribution in [1.29, 1.82) is 0 Å². The zero-order valence-corrected chi connectivity index (χ0v) is 9.86. The van der Waals surface area contributed by atoms with E-state index in [1.165, 1.54) is 0 Å². The van der Waals surface area contributed by atoms with Gasteiger partial charge in [-0.3, -0.25) is 4.79 Å². The molecule has 1 N–H and O–H groups in total. The van der Waals surface area contributed by atoms with Crippen molar-refractivity contribution >= 4 is 21.8 Å². The second kappa shape index (κ2) is 3.57. The van der Waals surface area contributed by atoms with Gasteiger partial charge in [-0.15, -0.1) is 0 Å².